The maximum absolute atomic E-state index is 12.4. The fraction of sp³-hybridized carbons (Fsp3) is 0.0769. The first-order valence-electron chi connectivity index (χ1n) is 5.65. The summed E-state index contributed by atoms with van der Waals surface area (Å²) in [6.07, 6.45) is 0. The summed E-state index contributed by atoms with van der Waals surface area (Å²) in [5.41, 5.74) is 0.146. The summed E-state index contributed by atoms with van der Waals surface area (Å²) in [4.78, 5) is 0.0613. The molecular formula is C13H10BrCl2NO3S. The van der Waals surface area contributed by atoms with E-state index in [1.807, 2.05) is 0 Å². The molecule has 0 bridgehead atoms. The zero-order valence-corrected chi connectivity index (χ0v) is 14.6. The van der Waals surface area contributed by atoms with E-state index >= 15 is 0 Å². The Hall–Kier alpha value is -0.950. The van der Waals surface area contributed by atoms with E-state index in [0.717, 1.165) is 0 Å². The van der Waals surface area contributed by atoms with Crippen molar-refractivity contribution in [2.24, 2.45) is 0 Å². The normalized spacial score (nSPS) is 11.2. The maximum Gasteiger partial charge on any atom is 0.262 e. The molecule has 0 aliphatic carbocycles. The van der Waals surface area contributed by atoms with Gasteiger partial charge in [0, 0.05) is 0 Å². The number of para-hydroxylation sites is 1. The van der Waals surface area contributed by atoms with Crippen molar-refractivity contribution < 1.29 is 13.2 Å². The summed E-state index contributed by atoms with van der Waals surface area (Å²) in [6, 6.07) is 9.15. The van der Waals surface area contributed by atoms with Crippen LogP contribution in [0, 0.1) is 0 Å². The minimum atomic E-state index is -3.81. The number of halogens is 3. The molecule has 0 spiro atoms. The number of methoxy groups -OCH3 is 1. The highest BCUT2D eigenvalue weighted by molar-refractivity contribution is 9.10. The van der Waals surface area contributed by atoms with Crippen molar-refractivity contribution in [3.05, 3.63) is 50.9 Å². The summed E-state index contributed by atoms with van der Waals surface area (Å²) in [7, 11) is -2.31. The van der Waals surface area contributed by atoms with Gasteiger partial charge in [-0.2, -0.15) is 0 Å². The third-order valence-corrected chi connectivity index (χ3v) is 5.23. The Labute approximate surface area is 141 Å². The van der Waals surface area contributed by atoms with E-state index in [0.29, 0.717) is 10.2 Å². The molecule has 112 valence electrons. The molecule has 0 heterocycles. The van der Waals surface area contributed by atoms with Crippen molar-refractivity contribution in [1.82, 2.24) is 0 Å². The molecule has 1 N–H and O–H groups in total. The molecule has 2 rings (SSSR count). The van der Waals surface area contributed by atoms with Crippen molar-refractivity contribution in [2.75, 3.05) is 11.8 Å². The summed E-state index contributed by atoms with van der Waals surface area (Å²) in [5, 5.41) is 0.442. The monoisotopic (exact) mass is 409 g/mol. The topological polar surface area (TPSA) is 55.4 Å². The van der Waals surface area contributed by atoms with Crippen molar-refractivity contribution in [3.8, 4) is 5.75 Å². The number of anilines is 1. The molecule has 2 aromatic rings. The molecule has 4 nitrogen and oxygen atoms in total. The van der Waals surface area contributed by atoms with Gasteiger partial charge in [0.25, 0.3) is 10.0 Å². The van der Waals surface area contributed by atoms with Gasteiger partial charge in [-0.25, -0.2) is 8.42 Å². The van der Waals surface area contributed by atoms with Crippen LogP contribution in [0.4, 0.5) is 5.69 Å². The summed E-state index contributed by atoms with van der Waals surface area (Å²) >= 11 is 15.2. The highest BCUT2D eigenvalue weighted by Crippen LogP contribution is 2.33. The van der Waals surface area contributed by atoms with Crippen LogP contribution in [0.15, 0.2) is 45.8 Å². The van der Waals surface area contributed by atoms with Crippen molar-refractivity contribution in [2.45, 2.75) is 4.90 Å². The SMILES string of the molecule is COc1ccc(S(=O)(=O)Nc2c(Cl)cccc2Cl)cc1Br. The second-order valence-electron chi connectivity index (χ2n) is 4.00. The molecule has 0 aromatic heterocycles. The number of hydrogen-bond donors (Lipinski definition) is 1. The van der Waals surface area contributed by atoms with Crippen LogP contribution in [0.2, 0.25) is 10.0 Å². The van der Waals surface area contributed by atoms with Crippen molar-refractivity contribution in [3.63, 3.8) is 0 Å². The standard InChI is InChI=1S/C13H10BrCl2NO3S/c1-20-12-6-5-8(7-9(12)14)21(18,19)17-13-10(15)3-2-4-11(13)16/h2-7,17H,1H3. The molecule has 0 amide bonds. The Morgan fingerprint density at radius 2 is 1.76 bits per heavy atom. The quantitative estimate of drug-likeness (QED) is 0.803. The molecule has 0 radical (unpaired) electrons. The first kappa shape index (κ1) is 16.4. The van der Waals surface area contributed by atoms with Gasteiger partial charge in [0.05, 0.1) is 32.2 Å². The summed E-state index contributed by atoms with van der Waals surface area (Å²) in [6.45, 7) is 0. The molecule has 8 heteroatoms. The van der Waals surface area contributed by atoms with E-state index in [4.69, 9.17) is 27.9 Å². The largest absolute Gasteiger partial charge is 0.496 e. The first-order valence-corrected chi connectivity index (χ1v) is 8.69. The predicted octanol–water partition coefficient (Wildman–Crippen LogP) is 4.57. The minimum absolute atomic E-state index is 0.0613. The lowest BCUT2D eigenvalue weighted by molar-refractivity contribution is 0.411. The fourth-order valence-electron chi connectivity index (χ4n) is 1.60. The fourth-order valence-corrected chi connectivity index (χ4v) is 4.03. The van der Waals surface area contributed by atoms with Gasteiger partial charge in [0.15, 0.2) is 0 Å². The zero-order chi connectivity index (χ0) is 15.6. The Bertz CT molecular complexity index is 761. The molecule has 2 aromatic carbocycles. The molecule has 0 fully saturated rings. The van der Waals surface area contributed by atoms with Crippen LogP contribution in [0.1, 0.15) is 0 Å². The Balaban J connectivity index is 2.41. The highest BCUT2D eigenvalue weighted by atomic mass is 79.9. The van der Waals surface area contributed by atoms with Crippen LogP contribution >= 0.6 is 39.1 Å². The lowest BCUT2D eigenvalue weighted by atomic mass is 10.3. The third kappa shape index (κ3) is 3.63. The van der Waals surface area contributed by atoms with E-state index < -0.39 is 10.0 Å². The van der Waals surface area contributed by atoms with Gasteiger partial charge in [0.1, 0.15) is 5.75 Å². The van der Waals surface area contributed by atoms with E-state index in [2.05, 4.69) is 20.7 Å². The molecular weight excluding hydrogens is 401 g/mol. The van der Waals surface area contributed by atoms with E-state index in [-0.39, 0.29) is 20.6 Å². The van der Waals surface area contributed by atoms with Crippen LogP contribution in [-0.4, -0.2) is 15.5 Å². The van der Waals surface area contributed by atoms with Gasteiger partial charge < -0.3 is 4.74 Å². The summed E-state index contributed by atoms with van der Waals surface area (Å²) in [5.74, 6) is 0.532. The number of nitrogens with one attached hydrogen (secondary N) is 1. The van der Waals surface area contributed by atoms with Crippen LogP contribution in [0.5, 0.6) is 5.75 Å². The molecule has 0 unspecified atom stereocenters. The predicted molar refractivity (Wildman–Crippen MR) is 88.0 cm³/mol. The zero-order valence-electron chi connectivity index (χ0n) is 10.7. The molecule has 0 aliphatic rings. The number of hydrogen-bond acceptors (Lipinski definition) is 3. The summed E-state index contributed by atoms with van der Waals surface area (Å²) < 4.78 is 32.7. The van der Waals surface area contributed by atoms with Crippen LogP contribution < -0.4 is 9.46 Å². The van der Waals surface area contributed by atoms with Crippen LogP contribution in [0.25, 0.3) is 0 Å². The Morgan fingerprint density at radius 3 is 2.29 bits per heavy atom. The third-order valence-electron chi connectivity index (χ3n) is 2.63. The van der Waals surface area contributed by atoms with Crippen LogP contribution in [-0.2, 0) is 10.0 Å². The van der Waals surface area contributed by atoms with Gasteiger partial charge in [0.2, 0.25) is 0 Å². The van der Waals surface area contributed by atoms with Gasteiger partial charge in [-0.3, -0.25) is 4.72 Å². The smallest absolute Gasteiger partial charge is 0.262 e. The van der Waals surface area contributed by atoms with E-state index in [1.165, 1.54) is 19.2 Å². The number of sulfonamides is 1. The van der Waals surface area contributed by atoms with Gasteiger partial charge >= 0.3 is 0 Å². The average molecular weight is 411 g/mol. The molecule has 0 aliphatic heterocycles. The van der Waals surface area contributed by atoms with Gasteiger partial charge in [-0.15, -0.1) is 0 Å². The Morgan fingerprint density at radius 1 is 1.14 bits per heavy atom. The van der Waals surface area contributed by atoms with E-state index in [1.54, 1.807) is 24.3 Å². The van der Waals surface area contributed by atoms with Crippen LogP contribution in [0.3, 0.4) is 0 Å². The lowest BCUT2D eigenvalue weighted by Gasteiger charge is -2.12. The second-order valence-corrected chi connectivity index (χ2v) is 7.35. The van der Waals surface area contributed by atoms with Crippen molar-refractivity contribution >= 4 is 54.8 Å². The van der Waals surface area contributed by atoms with Gasteiger partial charge in [-0.05, 0) is 46.3 Å². The van der Waals surface area contributed by atoms with Gasteiger partial charge in [-0.1, -0.05) is 29.3 Å². The minimum Gasteiger partial charge on any atom is -0.496 e. The average Bonchev–Trinajstić information content (AvgIpc) is 2.43. The lowest BCUT2D eigenvalue weighted by Crippen LogP contribution is -2.13. The Kier molecular flexibility index (Phi) is 5.03. The molecule has 0 atom stereocenters. The maximum atomic E-state index is 12.4. The molecule has 21 heavy (non-hydrogen) atoms. The first-order chi connectivity index (χ1) is 9.85. The second kappa shape index (κ2) is 6.44. The molecule has 0 saturated carbocycles. The number of rotatable bonds is 4. The number of benzene rings is 2. The number of ether oxygens (including phenoxy) is 1. The highest BCUT2D eigenvalue weighted by Gasteiger charge is 2.19. The molecule has 0 saturated heterocycles. The van der Waals surface area contributed by atoms with E-state index in [9.17, 15) is 8.42 Å². The van der Waals surface area contributed by atoms with Crippen molar-refractivity contribution in [1.29, 1.82) is 0 Å².